The molecule has 5 nitrogen and oxygen atoms in total. The zero-order valence-corrected chi connectivity index (χ0v) is 10.2. The van der Waals surface area contributed by atoms with E-state index in [0.717, 1.165) is 25.9 Å². The molecule has 0 aromatic heterocycles. The van der Waals surface area contributed by atoms with Gasteiger partial charge in [-0.25, -0.2) is 0 Å². The van der Waals surface area contributed by atoms with Crippen LogP contribution in [-0.2, 0) is 4.79 Å². The van der Waals surface area contributed by atoms with Crippen LogP contribution in [-0.4, -0.2) is 66.2 Å². The van der Waals surface area contributed by atoms with E-state index in [1.807, 2.05) is 0 Å². The average Bonchev–Trinajstić information content (AvgIpc) is 2.26. The third-order valence-electron chi connectivity index (χ3n) is 3.14. The Balaban J connectivity index is 2.59. The van der Waals surface area contributed by atoms with E-state index >= 15 is 0 Å². The molecule has 1 atom stereocenters. The second kappa shape index (κ2) is 6.18. The highest BCUT2D eigenvalue weighted by molar-refractivity contribution is 5.81. The van der Waals surface area contributed by atoms with Gasteiger partial charge in [0, 0.05) is 12.6 Å². The largest absolute Gasteiger partial charge is 0.395 e. The summed E-state index contributed by atoms with van der Waals surface area (Å²) in [5.41, 5.74) is 5.62. The summed E-state index contributed by atoms with van der Waals surface area (Å²) in [5, 5.41) is 9.00. The van der Waals surface area contributed by atoms with E-state index in [1.54, 1.807) is 11.8 Å². The molecular weight excluding hydrogens is 206 g/mol. The lowest BCUT2D eigenvalue weighted by atomic mass is 10.0. The standard InChI is InChI=1S/C11H23N3O2/c1-9(12)11(16)14(7-8-15)10-3-5-13(2)6-4-10/h9-10,15H,3-8,12H2,1-2H3. The summed E-state index contributed by atoms with van der Waals surface area (Å²) in [7, 11) is 2.08. The van der Waals surface area contributed by atoms with E-state index in [4.69, 9.17) is 10.8 Å². The molecule has 0 aromatic carbocycles. The number of hydrogen-bond donors (Lipinski definition) is 2. The smallest absolute Gasteiger partial charge is 0.239 e. The fraction of sp³-hybridized carbons (Fsp3) is 0.909. The number of rotatable bonds is 4. The van der Waals surface area contributed by atoms with Gasteiger partial charge >= 0.3 is 0 Å². The lowest BCUT2D eigenvalue weighted by Crippen LogP contribution is -2.52. The normalized spacial score (nSPS) is 20.8. The Morgan fingerprint density at radius 3 is 2.56 bits per heavy atom. The van der Waals surface area contributed by atoms with Crippen molar-refractivity contribution in [2.45, 2.75) is 31.8 Å². The maximum absolute atomic E-state index is 11.9. The second-order valence-electron chi connectivity index (χ2n) is 4.58. The van der Waals surface area contributed by atoms with Crippen molar-refractivity contribution in [2.75, 3.05) is 33.3 Å². The van der Waals surface area contributed by atoms with Crippen LogP contribution < -0.4 is 5.73 Å². The molecule has 1 heterocycles. The molecular formula is C11H23N3O2. The summed E-state index contributed by atoms with van der Waals surface area (Å²) >= 11 is 0. The molecule has 94 valence electrons. The van der Waals surface area contributed by atoms with Crippen LogP contribution in [0.4, 0.5) is 0 Å². The van der Waals surface area contributed by atoms with Crippen LogP contribution in [0.1, 0.15) is 19.8 Å². The SMILES string of the molecule is CC(N)C(=O)N(CCO)C1CCN(C)CC1. The lowest BCUT2D eigenvalue weighted by Gasteiger charge is -2.37. The summed E-state index contributed by atoms with van der Waals surface area (Å²) in [5.74, 6) is -0.0522. The van der Waals surface area contributed by atoms with Crippen LogP contribution in [0.5, 0.6) is 0 Å². The summed E-state index contributed by atoms with van der Waals surface area (Å²) in [6.07, 6.45) is 1.93. The number of likely N-dealkylation sites (tertiary alicyclic amines) is 1. The van der Waals surface area contributed by atoms with Gasteiger partial charge in [-0.1, -0.05) is 0 Å². The quantitative estimate of drug-likeness (QED) is 0.665. The Morgan fingerprint density at radius 1 is 1.56 bits per heavy atom. The van der Waals surface area contributed by atoms with Gasteiger partial charge in [0.2, 0.25) is 5.91 Å². The summed E-state index contributed by atoms with van der Waals surface area (Å²) < 4.78 is 0. The number of aliphatic hydroxyl groups excluding tert-OH is 1. The molecule has 1 aliphatic rings. The van der Waals surface area contributed by atoms with Crippen LogP contribution in [0.25, 0.3) is 0 Å². The van der Waals surface area contributed by atoms with E-state index in [9.17, 15) is 4.79 Å². The van der Waals surface area contributed by atoms with Gasteiger partial charge in [0.1, 0.15) is 0 Å². The molecule has 0 aromatic rings. The minimum Gasteiger partial charge on any atom is -0.395 e. The number of hydrogen-bond acceptors (Lipinski definition) is 4. The first-order chi connectivity index (χ1) is 7.56. The van der Waals surface area contributed by atoms with Crippen molar-refractivity contribution in [3.63, 3.8) is 0 Å². The van der Waals surface area contributed by atoms with Gasteiger partial charge in [-0.05, 0) is 39.9 Å². The maximum Gasteiger partial charge on any atom is 0.239 e. The molecule has 5 heteroatoms. The average molecular weight is 229 g/mol. The van der Waals surface area contributed by atoms with Gasteiger partial charge in [-0.3, -0.25) is 4.79 Å². The van der Waals surface area contributed by atoms with Gasteiger partial charge < -0.3 is 20.6 Å². The number of piperidine rings is 1. The lowest BCUT2D eigenvalue weighted by molar-refractivity contribution is -0.136. The van der Waals surface area contributed by atoms with E-state index in [2.05, 4.69) is 11.9 Å². The molecule has 1 unspecified atom stereocenters. The minimum absolute atomic E-state index is 0.00476. The first kappa shape index (κ1) is 13.4. The molecule has 1 aliphatic heterocycles. The van der Waals surface area contributed by atoms with E-state index < -0.39 is 6.04 Å². The van der Waals surface area contributed by atoms with Gasteiger partial charge in [-0.2, -0.15) is 0 Å². The fourth-order valence-corrected chi connectivity index (χ4v) is 2.15. The topological polar surface area (TPSA) is 69.8 Å². The Hall–Kier alpha value is -0.650. The number of nitrogens with zero attached hydrogens (tertiary/aromatic N) is 2. The third kappa shape index (κ3) is 3.43. The van der Waals surface area contributed by atoms with Crippen LogP contribution >= 0.6 is 0 Å². The van der Waals surface area contributed by atoms with Crippen molar-refractivity contribution in [3.05, 3.63) is 0 Å². The molecule has 1 amide bonds. The number of nitrogens with two attached hydrogens (primary N) is 1. The number of carbonyl (C=O) groups excluding carboxylic acids is 1. The molecule has 3 N–H and O–H groups in total. The minimum atomic E-state index is -0.480. The fourth-order valence-electron chi connectivity index (χ4n) is 2.15. The molecule has 0 radical (unpaired) electrons. The Bertz CT molecular complexity index is 225. The highest BCUT2D eigenvalue weighted by Gasteiger charge is 2.27. The molecule has 1 fully saturated rings. The van der Waals surface area contributed by atoms with Crippen LogP contribution in [0.3, 0.4) is 0 Å². The zero-order chi connectivity index (χ0) is 12.1. The van der Waals surface area contributed by atoms with E-state index in [-0.39, 0.29) is 18.6 Å². The predicted octanol–water partition coefficient (Wildman–Crippen LogP) is -0.751. The van der Waals surface area contributed by atoms with Crippen molar-refractivity contribution in [1.82, 2.24) is 9.80 Å². The maximum atomic E-state index is 11.9. The monoisotopic (exact) mass is 229 g/mol. The highest BCUT2D eigenvalue weighted by Crippen LogP contribution is 2.16. The molecule has 0 bridgehead atoms. The third-order valence-corrected chi connectivity index (χ3v) is 3.14. The zero-order valence-electron chi connectivity index (χ0n) is 10.2. The number of carbonyl (C=O) groups is 1. The van der Waals surface area contributed by atoms with Crippen molar-refractivity contribution < 1.29 is 9.90 Å². The molecule has 1 rings (SSSR count). The van der Waals surface area contributed by atoms with Gasteiger partial charge in [-0.15, -0.1) is 0 Å². The molecule has 0 spiro atoms. The summed E-state index contributed by atoms with van der Waals surface area (Å²) in [4.78, 5) is 15.9. The molecule has 0 saturated carbocycles. The second-order valence-corrected chi connectivity index (χ2v) is 4.58. The molecule has 16 heavy (non-hydrogen) atoms. The Morgan fingerprint density at radius 2 is 2.12 bits per heavy atom. The van der Waals surface area contributed by atoms with E-state index in [1.165, 1.54) is 0 Å². The van der Waals surface area contributed by atoms with Gasteiger partial charge in [0.25, 0.3) is 0 Å². The summed E-state index contributed by atoms with van der Waals surface area (Å²) in [6, 6.07) is -0.243. The number of amides is 1. The van der Waals surface area contributed by atoms with E-state index in [0.29, 0.717) is 6.54 Å². The first-order valence-electron chi connectivity index (χ1n) is 5.91. The summed E-state index contributed by atoms with van der Waals surface area (Å²) in [6.45, 7) is 4.10. The predicted molar refractivity (Wildman–Crippen MR) is 63.0 cm³/mol. The van der Waals surface area contributed by atoms with Crippen molar-refractivity contribution in [1.29, 1.82) is 0 Å². The Labute approximate surface area is 97.2 Å². The first-order valence-corrected chi connectivity index (χ1v) is 5.91. The van der Waals surface area contributed by atoms with Crippen molar-refractivity contribution >= 4 is 5.91 Å². The van der Waals surface area contributed by atoms with Crippen molar-refractivity contribution in [3.8, 4) is 0 Å². The van der Waals surface area contributed by atoms with Crippen LogP contribution in [0.15, 0.2) is 0 Å². The highest BCUT2D eigenvalue weighted by atomic mass is 16.3. The molecule has 1 saturated heterocycles. The molecule has 0 aliphatic carbocycles. The number of aliphatic hydroxyl groups is 1. The van der Waals surface area contributed by atoms with Crippen LogP contribution in [0.2, 0.25) is 0 Å². The Kier molecular flexibility index (Phi) is 5.18. The van der Waals surface area contributed by atoms with Crippen molar-refractivity contribution in [2.24, 2.45) is 5.73 Å². The van der Waals surface area contributed by atoms with Crippen LogP contribution in [0, 0.1) is 0 Å². The van der Waals surface area contributed by atoms with Gasteiger partial charge in [0.15, 0.2) is 0 Å². The van der Waals surface area contributed by atoms with Gasteiger partial charge in [0.05, 0.1) is 12.6 Å².